The second-order valence-corrected chi connectivity index (χ2v) is 9.20. The fourth-order valence-electron chi connectivity index (χ4n) is 2.96. The lowest BCUT2D eigenvalue weighted by atomic mass is 10.0. The number of ether oxygens (including phenoxy) is 2. The van der Waals surface area contributed by atoms with Crippen LogP contribution in [-0.4, -0.2) is 51.2 Å². The van der Waals surface area contributed by atoms with Gasteiger partial charge in [-0.1, -0.05) is 6.07 Å². The number of piperidine rings is 1. The monoisotopic (exact) mass is 370 g/mol. The number of nitrogens with two attached hydrogens (primary N) is 1. The molecular weight excluding hydrogens is 340 g/mol. The first-order valence-corrected chi connectivity index (χ1v) is 10.1. The van der Waals surface area contributed by atoms with Crippen molar-refractivity contribution in [3.05, 3.63) is 23.8 Å². The molecule has 7 heteroatoms. The molecule has 0 radical (unpaired) electrons. The zero-order chi connectivity index (χ0) is 18.7. The van der Waals surface area contributed by atoms with Crippen molar-refractivity contribution in [2.75, 3.05) is 26.8 Å². The van der Waals surface area contributed by atoms with Gasteiger partial charge in [0.05, 0.1) is 18.1 Å². The third-order valence-corrected chi connectivity index (χ3v) is 6.62. The first-order chi connectivity index (χ1) is 11.6. The van der Waals surface area contributed by atoms with Crippen molar-refractivity contribution in [2.24, 2.45) is 5.73 Å². The van der Waals surface area contributed by atoms with E-state index in [1.54, 1.807) is 36.5 Å². The molecule has 25 heavy (non-hydrogen) atoms. The van der Waals surface area contributed by atoms with Gasteiger partial charge in [0, 0.05) is 30.8 Å². The topological polar surface area (TPSA) is 81.9 Å². The molecule has 1 fully saturated rings. The molecular formula is C18H30N2O4S. The zero-order valence-electron chi connectivity index (χ0n) is 15.6. The van der Waals surface area contributed by atoms with Crippen LogP contribution in [0.5, 0.6) is 5.75 Å². The summed E-state index contributed by atoms with van der Waals surface area (Å²) in [5, 5.41) is 0. The van der Waals surface area contributed by atoms with Crippen LogP contribution in [0.25, 0.3) is 0 Å². The van der Waals surface area contributed by atoms with E-state index < -0.39 is 10.0 Å². The predicted molar refractivity (Wildman–Crippen MR) is 98.3 cm³/mol. The summed E-state index contributed by atoms with van der Waals surface area (Å²) in [6.45, 7) is 7.27. The number of hydrogen-bond acceptors (Lipinski definition) is 5. The van der Waals surface area contributed by atoms with Crippen molar-refractivity contribution in [2.45, 2.75) is 56.6 Å². The van der Waals surface area contributed by atoms with Crippen molar-refractivity contribution in [1.82, 2.24) is 4.31 Å². The highest BCUT2D eigenvalue weighted by Crippen LogP contribution is 2.29. The van der Waals surface area contributed by atoms with Gasteiger partial charge in [0.1, 0.15) is 5.75 Å². The maximum Gasteiger partial charge on any atom is 0.243 e. The standard InChI is InChI=1S/C18H30N2O4S/c1-14-16(23-4)6-5-7-17(14)25(21,22)20-11-8-15(9-12-20)24-13-10-18(2,3)19/h5-7,15H,8-13,19H2,1-4H3. The quantitative estimate of drug-likeness (QED) is 0.796. The van der Waals surface area contributed by atoms with Crippen LogP contribution >= 0.6 is 0 Å². The largest absolute Gasteiger partial charge is 0.496 e. The minimum atomic E-state index is -3.51. The molecule has 1 heterocycles. The Morgan fingerprint density at radius 1 is 1.28 bits per heavy atom. The van der Waals surface area contributed by atoms with Crippen LogP contribution in [0.3, 0.4) is 0 Å². The van der Waals surface area contributed by atoms with Gasteiger partial charge in [0.25, 0.3) is 0 Å². The fourth-order valence-corrected chi connectivity index (χ4v) is 4.67. The van der Waals surface area contributed by atoms with Gasteiger partial charge < -0.3 is 15.2 Å². The highest BCUT2D eigenvalue weighted by Gasteiger charge is 2.31. The first kappa shape index (κ1) is 20.2. The molecule has 0 bridgehead atoms. The Kier molecular flexibility index (Phi) is 6.48. The summed E-state index contributed by atoms with van der Waals surface area (Å²) in [6, 6.07) is 5.12. The molecule has 0 aliphatic carbocycles. The Hall–Kier alpha value is -1.15. The number of methoxy groups -OCH3 is 1. The highest BCUT2D eigenvalue weighted by atomic mass is 32.2. The highest BCUT2D eigenvalue weighted by molar-refractivity contribution is 7.89. The zero-order valence-corrected chi connectivity index (χ0v) is 16.4. The summed E-state index contributed by atoms with van der Waals surface area (Å²) in [4.78, 5) is 0.316. The van der Waals surface area contributed by atoms with Gasteiger partial charge in [-0.2, -0.15) is 4.31 Å². The SMILES string of the molecule is COc1cccc(S(=O)(=O)N2CCC(OCCC(C)(C)N)CC2)c1C. The van der Waals surface area contributed by atoms with E-state index in [1.807, 2.05) is 13.8 Å². The lowest BCUT2D eigenvalue weighted by molar-refractivity contribution is 0.0144. The summed E-state index contributed by atoms with van der Waals surface area (Å²) < 4.78 is 38.5. The molecule has 0 atom stereocenters. The van der Waals surface area contributed by atoms with E-state index in [0.717, 1.165) is 6.42 Å². The lowest BCUT2D eigenvalue weighted by Crippen LogP contribution is -2.41. The van der Waals surface area contributed by atoms with Gasteiger partial charge in [-0.15, -0.1) is 0 Å². The van der Waals surface area contributed by atoms with Crippen LogP contribution in [0.2, 0.25) is 0 Å². The summed E-state index contributed by atoms with van der Waals surface area (Å²) in [5.74, 6) is 0.587. The maximum atomic E-state index is 12.9. The van der Waals surface area contributed by atoms with Crippen LogP contribution in [0.1, 0.15) is 38.7 Å². The molecule has 2 N–H and O–H groups in total. The average molecular weight is 371 g/mol. The number of nitrogens with zero attached hydrogens (tertiary/aromatic N) is 1. The van der Waals surface area contributed by atoms with Crippen molar-refractivity contribution < 1.29 is 17.9 Å². The van der Waals surface area contributed by atoms with E-state index in [9.17, 15) is 8.42 Å². The molecule has 1 saturated heterocycles. The number of hydrogen-bond donors (Lipinski definition) is 1. The Morgan fingerprint density at radius 3 is 2.48 bits per heavy atom. The summed E-state index contributed by atoms with van der Waals surface area (Å²) in [5.41, 5.74) is 6.36. The number of benzene rings is 1. The molecule has 0 unspecified atom stereocenters. The van der Waals surface area contributed by atoms with Gasteiger partial charge in [-0.25, -0.2) is 8.42 Å². The molecule has 0 amide bonds. The minimum Gasteiger partial charge on any atom is -0.496 e. The second-order valence-electron chi connectivity index (χ2n) is 7.30. The maximum absolute atomic E-state index is 12.9. The van der Waals surface area contributed by atoms with E-state index in [0.29, 0.717) is 48.7 Å². The first-order valence-electron chi connectivity index (χ1n) is 8.69. The Morgan fingerprint density at radius 2 is 1.92 bits per heavy atom. The molecule has 1 aromatic carbocycles. The van der Waals surface area contributed by atoms with Crippen molar-refractivity contribution >= 4 is 10.0 Å². The van der Waals surface area contributed by atoms with E-state index in [4.69, 9.17) is 15.2 Å². The van der Waals surface area contributed by atoms with Crippen molar-refractivity contribution in [3.63, 3.8) is 0 Å². The van der Waals surface area contributed by atoms with Crippen LogP contribution in [0.15, 0.2) is 23.1 Å². The second kappa shape index (κ2) is 8.03. The summed E-state index contributed by atoms with van der Waals surface area (Å²) in [6.07, 6.45) is 2.29. The normalized spacial score (nSPS) is 17.6. The van der Waals surface area contributed by atoms with Gasteiger partial charge in [-0.3, -0.25) is 0 Å². The Labute approximate surface area is 151 Å². The van der Waals surface area contributed by atoms with Crippen LogP contribution in [0.4, 0.5) is 0 Å². The van der Waals surface area contributed by atoms with Crippen molar-refractivity contribution in [3.8, 4) is 5.75 Å². The number of sulfonamides is 1. The molecule has 142 valence electrons. The molecule has 0 saturated carbocycles. The molecule has 1 aromatic rings. The molecule has 1 aliphatic rings. The Bertz CT molecular complexity index is 675. The van der Waals surface area contributed by atoms with E-state index in [1.165, 1.54) is 0 Å². The van der Waals surface area contributed by atoms with Crippen LogP contribution < -0.4 is 10.5 Å². The van der Waals surface area contributed by atoms with Crippen molar-refractivity contribution in [1.29, 1.82) is 0 Å². The third kappa shape index (κ3) is 5.17. The third-order valence-electron chi connectivity index (χ3n) is 4.57. The van der Waals surface area contributed by atoms with E-state index >= 15 is 0 Å². The summed E-state index contributed by atoms with van der Waals surface area (Å²) in [7, 11) is -1.97. The summed E-state index contributed by atoms with van der Waals surface area (Å²) >= 11 is 0. The average Bonchev–Trinajstić information content (AvgIpc) is 2.54. The molecule has 0 aromatic heterocycles. The van der Waals surface area contributed by atoms with Gasteiger partial charge in [0.15, 0.2) is 0 Å². The van der Waals surface area contributed by atoms with E-state index in [2.05, 4.69) is 0 Å². The van der Waals surface area contributed by atoms with Gasteiger partial charge in [-0.05, 0) is 52.2 Å². The number of rotatable bonds is 7. The van der Waals surface area contributed by atoms with E-state index in [-0.39, 0.29) is 11.6 Å². The molecule has 6 nitrogen and oxygen atoms in total. The minimum absolute atomic E-state index is 0.0974. The predicted octanol–water partition coefficient (Wildman–Crippen LogP) is 2.30. The molecule has 0 spiro atoms. The Balaban J connectivity index is 1.98. The lowest BCUT2D eigenvalue weighted by Gasteiger charge is -2.32. The molecule has 1 aliphatic heterocycles. The smallest absolute Gasteiger partial charge is 0.243 e. The molecule has 2 rings (SSSR count). The van der Waals surface area contributed by atoms with Gasteiger partial charge in [0.2, 0.25) is 10.0 Å². The fraction of sp³-hybridized carbons (Fsp3) is 0.667. The van der Waals surface area contributed by atoms with Crippen LogP contribution in [0, 0.1) is 6.92 Å². The van der Waals surface area contributed by atoms with Gasteiger partial charge >= 0.3 is 0 Å². The van der Waals surface area contributed by atoms with Crippen LogP contribution in [-0.2, 0) is 14.8 Å².